The first-order valence-corrected chi connectivity index (χ1v) is 8.11. The molecule has 1 aliphatic rings. The zero-order valence-corrected chi connectivity index (χ0v) is 13.6. The molecule has 0 spiro atoms. The Kier molecular flexibility index (Phi) is 4.31. The summed E-state index contributed by atoms with van der Waals surface area (Å²) < 4.78 is 0. The number of aromatic nitrogens is 1. The van der Waals surface area contributed by atoms with Crippen LogP contribution in [0.5, 0.6) is 0 Å². The lowest BCUT2D eigenvalue weighted by Gasteiger charge is -2.24. The predicted octanol–water partition coefficient (Wildman–Crippen LogP) is 3.08. The number of hydrogen-bond acceptors (Lipinski definition) is 2. The fraction of sp³-hybridized carbons (Fsp3) is 0.412. The van der Waals surface area contributed by atoms with Crippen molar-refractivity contribution in [3.8, 4) is 0 Å². The molecular formula is C17H19ClN2O3. The van der Waals surface area contributed by atoms with E-state index < -0.39 is 11.9 Å². The van der Waals surface area contributed by atoms with Gasteiger partial charge < -0.3 is 15.0 Å². The summed E-state index contributed by atoms with van der Waals surface area (Å²) in [5.41, 5.74) is 1.81. The number of nitrogens with one attached hydrogen (secondary N) is 1. The van der Waals surface area contributed by atoms with Gasteiger partial charge in [-0.2, -0.15) is 0 Å². The van der Waals surface area contributed by atoms with Crippen LogP contribution in [0.2, 0.25) is 5.02 Å². The van der Waals surface area contributed by atoms with E-state index in [-0.39, 0.29) is 24.9 Å². The van der Waals surface area contributed by atoms with Gasteiger partial charge in [-0.15, -0.1) is 0 Å². The summed E-state index contributed by atoms with van der Waals surface area (Å²) >= 11 is 5.97. The number of carboxylic acid groups (broad SMARTS) is 1. The number of fused-ring (bicyclic) bond motifs is 1. The normalized spacial score (nSPS) is 15.6. The monoisotopic (exact) mass is 334 g/mol. The first-order chi connectivity index (χ1) is 11.0. The van der Waals surface area contributed by atoms with E-state index in [1.165, 1.54) is 0 Å². The Morgan fingerprint density at radius 3 is 2.83 bits per heavy atom. The zero-order chi connectivity index (χ0) is 16.6. The summed E-state index contributed by atoms with van der Waals surface area (Å²) in [6.45, 7) is 1.91. The van der Waals surface area contributed by atoms with Gasteiger partial charge >= 0.3 is 5.97 Å². The van der Waals surface area contributed by atoms with Crippen LogP contribution in [0.15, 0.2) is 24.4 Å². The van der Waals surface area contributed by atoms with Crippen LogP contribution >= 0.6 is 11.6 Å². The number of carbonyl (C=O) groups excluding carboxylic acids is 1. The van der Waals surface area contributed by atoms with E-state index in [4.69, 9.17) is 16.7 Å². The lowest BCUT2D eigenvalue weighted by molar-refractivity contribution is -0.143. The molecule has 122 valence electrons. The van der Waals surface area contributed by atoms with Crippen LogP contribution in [0, 0.1) is 5.92 Å². The first kappa shape index (κ1) is 15.9. The lowest BCUT2D eigenvalue weighted by Crippen LogP contribution is -2.39. The summed E-state index contributed by atoms with van der Waals surface area (Å²) in [5, 5.41) is 10.7. The van der Waals surface area contributed by atoms with Gasteiger partial charge in [0.05, 0.1) is 12.3 Å². The minimum Gasteiger partial charge on any atom is -0.481 e. The van der Waals surface area contributed by atoms with Crippen molar-refractivity contribution in [1.82, 2.24) is 9.88 Å². The van der Waals surface area contributed by atoms with Crippen LogP contribution in [-0.2, 0) is 16.0 Å². The van der Waals surface area contributed by atoms with Gasteiger partial charge in [0, 0.05) is 34.7 Å². The molecule has 5 nitrogen and oxygen atoms in total. The molecule has 0 radical (unpaired) electrons. The second-order valence-electron chi connectivity index (χ2n) is 6.20. The van der Waals surface area contributed by atoms with Gasteiger partial charge in [0.15, 0.2) is 0 Å². The van der Waals surface area contributed by atoms with Gasteiger partial charge in [0.2, 0.25) is 5.91 Å². The lowest BCUT2D eigenvalue weighted by atomic mass is 10.1. The van der Waals surface area contributed by atoms with E-state index in [0.29, 0.717) is 5.02 Å². The third-order valence-corrected chi connectivity index (χ3v) is 4.51. The van der Waals surface area contributed by atoms with Crippen molar-refractivity contribution in [2.45, 2.75) is 32.2 Å². The number of aromatic amines is 1. The molecule has 0 aliphatic heterocycles. The maximum Gasteiger partial charge on any atom is 0.308 e. The van der Waals surface area contributed by atoms with Gasteiger partial charge in [0.25, 0.3) is 0 Å². The fourth-order valence-corrected chi connectivity index (χ4v) is 2.96. The predicted molar refractivity (Wildman–Crippen MR) is 88.5 cm³/mol. The molecule has 1 amide bonds. The molecule has 3 rings (SSSR count). The standard InChI is InChI=1S/C17H19ClN2O3/c1-10(17(22)23)9-20(13-3-4-13)16(21)6-11-8-19-15-7-12(18)2-5-14(11)15/h2,5,7-8,10,13,19H,3-4,6,9H2,1H3,(H,22,23). The quantitative estimate of drug-likeness (QED) is 0.852. The molecule has 1 aliphatic carbocycles. The Morgan fingerprint density at radius 2 is 2.17 bits per heavy atom. The van der Waals surface area contributed by atoms with Crippen LogP contribution in [0.3, 0.4) is 0 Å². The van der Waals surface area contributed by atoms with Crippen molar-refractivity contribution in [2.24, 2.45) is 5.92 Å². The molecule has 1 unspecified atom stereocenters. The topological polar surface area (TPSA) is 73.4 Å². The van der Waals surface area contributed by atoms with Crippen molar-refractivity contribution < 1.29 is 14.7 Å². The third-order valence-electron chi connectivity index (χ3n) is 4.27. The molecule has 1 aromatic carbocycles. The first-order valence-electron chi connectivity index (χ1n) is 7.73. The van der Waals surface area contributed by atoms with Crippen molar-refractivity contribution in [3.63, 3.8) is 0 Å². The minimum absolute atomic E-state index is 0.0172. The van der Waals surface area contributed by atoms with Gasteiger partial charge in [-0.1, -0.05) is 24.6 Å². The maximum absolute atomic E-state index is 12.7. The molecule has 1 saturated carbocycles. The molecule has 2 aromatic rings. The van der Waals surface area contributed by atoms with Crippen molar-refractivity contribution in [2.75, 3.05) is 6.54 Å². The summed E-state index contributed by atoms with van der Waals surface area (Å²) in [5.74, 6) is -1.44. The highest BCUT2D eigenvalue weighted by Crippen LogP contribution is 2.29. The summed E-state index contributed by atoms with van der Waals surface area (Å²) in [6, 6.07) is 5.73. The Labute approximate surface area is 139 Å². The second-order valence-corrected chi connectivity index (χ2v) is 6.63. The number of carboxylic acids is 1. The maximum atomic E-state index is 12.7. The molecule has 1 aromatic heterocycles. The number of amides is 1. The van der Waals surface area contributed by atoms with Crippen LogP contribution in [-0.4, -0.2) is 39.5 Å². The van der Waals surface area contributed by atoms with Gasteiger partial charge in [0.1, 0.15) is 0 Å². The molecule has 0 saturated heterocycles. The number of rotatable bonds is 6. The van der Waals surface area contributed by atoms with Gasteiger partial charge in [-0.3, -0.25) is 9.59 Å². The van der Waals surface area contributed by atoms with Gasteiger partial charge in [-0.05, 0) is 30.5 Å². The molecule has 2 N–H and O–H groups in total. The fourth-order valence-electron chi connectivity index (χ4n) is 2.78. The average molecular weight is 335 g/mol. The van der Waals surface area contributed by atoms with Crippen LogP contribution in [0.1, 0.15) is 25.3 Å². The molecule has 23 heavy (non-hydrogen) atoms. The Balaban J connectivity index is 1.76. The summed E-state index contributed by atoms with van der Waals surface area (Å²) in [4.78, 5) is 28.6. The number of aliphatic carboxylic acids is 1. The summed E-state index contributed by atoms with van der Waals surface area (Å²) in [6.07, 6.45) is 4.01. The number of hydrogen-bond donors (Lipinski definition) is 2. The minimum atomic E-state index is -0.870. The van der Waals surface area contributed by atoms with Crippen molar-refractivity contribution in [1.29, 1.82) is 0 Å². The second kappa shape index (κ2) is 6.24. The van der Waals surface area contributed by atoms with Crippen molar-refractivity contribution >= 4 is 34.4 Å². The molecule has 0 bridgehead atoms. The molecule has 1 atom stereocenters. The molecular weight excluding hydrogens is 316 g/mol. The van der Waals surface area contributed by atoms with Crippen LogP contribution < -0.4 is 0 Å². The average Bonchev–Trinajstić information content (AvgIpc) is 3.27. The number of benzene rings is 1. The van der Waals surface area contributed by atoms with E-state index in [1.807, 2.05) is 18.3 Å². The Bertz CT molecular complexity index is 751. The van der Waals surface area contributed by atoms with Crippen molar-refractivity contribution in [3.05, 3.63) is 35.0 Å². The van der Waals surface area contributed by atoms with E-state index in [9.17, 15) is 9.59 Å². The molecule has 6 heteroatoms. The zero-order valence-electron chi connectivity index (χ0n) is 12.9. The van der Waals surface area contributed by atoms with Gasteiger partial charge in [-0.25, -0.2) is 0 Å². The number of carbonyl (C=O) groups is 2. The van der Waals surface area contributed by atoms with E-state index >= 15 is 0 Å². The molecule has 1 fully saturated rings. The highest BCUT2D eigenvalue weighted by molar-refractivity contribution is 6.31. The third kappa shape index (κ3) is 3.50. The Morgan fingerprint density at radius 1 is 1.43 bits per heavy atom. The highest BCUT2D eigenvalue weighted by atomic mass is 35.5. The van der Waals surface area contributed by atoms with Crippen LogP contribution in [0.25, 0.3) is 10.9 Å². The van der Waals surface area contributed by atoms with E-state index in [1.54, 1.807) is 17.9 Å². The molecule has 1 heterocycles. The largest absolute Gasteiger partial charge is 0.481 e. The number of halogens is 1. The number of H-pyrrole nitrogens is 1. The van der Waals surface area contributed by atoms with Crippen LogP contribution in [0.4, 0.5) is 0 Å². The Hall–Kier alpha value is -2.01. The van der Waals surface area contributed by atoms with E-state index in [0.717, 1.165) is 29.3 Å². The highest BCUT2D eigenvalue weighted by Gasteiger charge is 2.34. The SMILES string of the molecule is CC(CN(C(=O)Cc1c[nH]c2cc(Cl)ccc12)C1CC1)C(=O)O. The summed E-state index contributed by atoms with van der Waals surface area (Å²) in [7, 11) is 0. The van der Waals surface area contributed by atoms with E-state index in [2.05, 4.69) is 4.98 Å². The smallest absolute Gasteiger partial charge is 0.308 e. The number of nitrogens with zero attached hydrogens (tertiary/aromatic N) is 1.